The third-order valence-electron chi connectivity index (χ3n) is 3.02. The van der Waals surface area contributed by atoms with Gasteiger partial charge in [0.15, 0.2) is 0 Å². The largest absolute Gasteiger partial charge is 0.328 e. The van der Waals surface area contributed by atoms with Gasteiger partial charge in [0.2, 0.25) is 0 Å². The molecule has 11 heavy (non-hydrogen) atoms. The summed E-state index contributed by atoms with van der Waals surface area (Å²) < 4.78 is 0. The standard InChI is InChI=1S/C9H18N2/c1-11(6-7-2-3-7)9-4-8(10)5-9/h7-9H,2-6,10H2,1H3. The summed E-state index contributed by atoms with van der Waals surface area (Å²) in [5.41, 5.74) is 5.73. The second kappa shape index (κ2) is 2.76. The van der Waals surface area contributed by atoms with Crippen LogP contribution < -0.4 is 5.73 Å². The minimum absolute atomic E-state index is 0.502. The highest BCUT2D eigenvalue weighted by atomic mass is 15.1. The van der Waals surface area contributed by atoms with Gasteiger partial charge in [0.1, 0.15) is 0 Å². The summed E-state index contributed by atoms with van der Waals surface area (Å²) in [4.78, 5) is 2.50. The van der Waals surface area contributed by atoms with Gasteiger partial charge in [0.05, 0.1) is 0 Å². The van der Waals surface area contributed by atoms with Crippen LogP contribution in [0.4, 0.5) is 0 Å². The second-order valence-corrected chi connectivity index (χ2v) is 4.27. The smallest absolute Gasteiger partial charge is 0.0122 e. The Morgan fingerprint density at radius 2 is 2.00 bits per heavy atom. The normalized spacial score (nSPS) is 37.4. The Hall–Kier alpha value is -0.0800. The lowest BCUT2D eigenvalue weighted by Crippen LogP contribution is -2.49. The zero-order chi connectivity index (χ0) is 7.84. The number of nitrogens with two attached hydrogens (primary N) is 1. The third-order valence-corrected chi connectivity index (χ3v) is 3.02. The van der Waals surface area contributed by atoms with Crippen LogP contribution in [0.15, 0.2) is 0 Å². The molecule has 0 heterocycles. The quantitative estimate of drug-likeness (QED) is 0.652. The zero-order valence-corrected chi connectivity index (χ0v) is 7.29. The van der Waals surface area contributed by atoms with Crippen LogP contribution in [0.5, 0.6) is 0 Å². The van der Waals surface area contributed by atoms with Crippen LogP contribution in [-0.4, -0.2) is 30.6 Å². The minimum Gasteiger partial charge on any atom is -0.328 e. The summed E-state index contributed by atoms with van der Waals surface area (Å²) in [6.45, 7) is 1.32. The molecule has 2 fully saturated rings. The maximum absolute atomic E-state index is 5.73. The van der Waals surface area contributed by atoms with Gasteiger partial charge in [-0.05, 0) is 38.6 Å². The molecular formula is C9H18N2. The highest BCUT2D eigenvalue weighted by Crippen LogP contribution is 2.32. The van der Waals surface area contributed by atoms with Crippen LogP contribution in [-0.2, 0) is 0 Å². The van der Waals surface area contributed by atoms with Crippen molar-refractivity contribution < 1.29 is 0 Å². The molecule has 2 nitrogen and oxygen atoms in total. The molecule has 0 radical (unpaired) electrons. The number of nitrogens with zero attached hydrogens (tertiary/aromatic N) is 1. The molecule has 2 rings (SSSR count). The van der Waals surface area contributed by atoms with Gasteiger partial charge in [-0.2, -0.15) is 0 Å². The molecule has 0 atom stereocenters. The summed E-state index contributed by atoms with van der Waals surface area (Å²) in [7, 11) is 2.24. The molecule has 0 amide bonds. The van der Waals surface area contributed by atoms with Gasteiger partial charge >= 0.3 is 0 Å². The number of rotatable bonds is 3. The zero-order valence-electron chi connectivity index (χ0n) is 7.29. The van der Waals surface area contributed by atoms with E-state index in [0.717, 1.165) is 12.0 Å². The molecule has 0 aromatic rings. The van der Waals surface area contributed by atoms with E-state index in [-0.39, 0.29) is 0 Å². The fourth-order valence-corrected chi connectivity index (χ4v) is 1.85. The van der Waals surface area contributed by atoms with E-state index in [9.17, 15) is 0 Å². The predicted octanol–water partition coefficient (Wildman–Crippen LogP) is 0.818. The molecule has 2 saturated carbocycles. The molecule has 0 bridgehead atoms. The molecule has 0 spiro atoms. The highest BCUT2D eigenvalue weighted by Gasteiger charge is 2.32. The minimum atomic E-state index is 0.502. The fraction of sp³-hybridized carbons (Fsp3) is 1.00. The monoisotopic (exact) mass is 154 g/mol. The van der Waals surface area contributed by atoms with E-state index in [0.29, 0.717) is 6.04 Å². The molecular weight excluding hydrogens is 136 g/mol. The molecule has 0 unspecified atom stereocenters. The molecule has 2 N–H and O–H groups in total. The highest BCUT2D eigenvalue weighted by molar-refractivity contribution is 4.90. The predicted molar refractivity (Wildman–Crippen MR) is 46.4 cm³/mol. The van der Waals surface area contributed by atoms with Gasteiger partial charge in [-0.1, -0.05) is 0 Å². The van der Waals surface area contributed by atoms with Gasteiger partial charge in [-0.15, -0.1) is 0 Å². The van der Waals surface area contributed by atoms with E-state index < -0.39 is 0 Å². The Balaban J connectivity index is 1.68. The number of hydrogen-bond donors (Lipinski definition) is 1. The summed E-state index contributed by atoms with van der Waals surface area (Å²) in [6, 6.07) is 1.31. The van der Waals surface area contributed by atoms with Gasteiger partial charge in [-0.25, -0.2) is 0 Å². The average molecular weight is 154 g/mol. The maximum Gasteiger partial charge on any atom is 0.0122 e. The van der Waals surface area contributed by atoms with Gasteiger partial charge in [0.25, 0.3) is 0 Å². The molecule has 2 aliphatic carbocycles. The van der Waals surface area contributed by atoms with E-state index in [2.05, 4.69) is 11.9 Å². The Bertz CT molecular complexity index is 136. The van der Waals surface area contributed by atoms with Crippen molar-refractivity contribution in [1.82, 2.24) is 4.90 Å². The van der Waals surface area contributed by atoms with Crippen molar-refractivity contribution in [2.24, 2.45) is 11.7 Å². The van der Waals surface area contributed by atoms with E-state index >= 15 is 0 Å². The van der Waals surface area contributed by atoms with Crippen molar-refractivity contribution in [3.05, 3.63) is 0 Å². The lowest BCUT2D eigenvalue weighted by molar-refractivity contribution is 0.134. The summed E-state index contributed by atoms with van der Waals surface area (Å²) in [6.07, 6.45) is 5.37. The van der Waals surface area contributed by atoms with Crippen LogP contribution in [0, 0.1) is 5.92 Å². The summed E-state index contributed by atoms with van der Waals surface area (Å²) >= 11 is 0. The SMILES string of the molecule is CN(CC1CC1)C1CC(N)C1. The third kappa shape index (κ3) is 1.74. The lowest BCUT2D eigenvalue weighted by atomic mass is 9.86. The first-order valence-electron chi connectivity index (χ1n) is 4.71. The van der Waals surface area contributed by atoms with Crippen LogP contribution in [0.3, 0.4) is 0 Å². The van der Waals surface area contributed by atoms with E-state index in [4.69, 9.17) is 5.73 Å². The lowest BCUT2D eigenvalue weighted by Gasteiger charge is -2.39. The van der Waals surface area contributed by atoms with Crippen LogP contribution in [0.2, 0.25) is 0 Å². The van der Waals surface area contributed by atoms with Gasteiger partial charge < -0.3 is 10.6 Å². The Kier molecular flexibility index (Phi) is 1.90. The molecule has 64 valence electrons. The van der Waals surface area contributed by atoms with Crippen LogP contribution in [0.25, 0.3) is 0 Å². The van der Waals surface area contributed by atoms with Crippen molar-refractivity contribution in [2.75, 3.05) is 13.6 Å². The summed E-state index contributed by atoms with van der Waals surface area (Å²) in [5, 5.41) is 0. The Labute approximate surface area is 68.7 Å². The van der Waals surface area contributed by atoms with Gasteiger partial charge in [-0.3, -0.25) is 0 Å². The first kappa shape index (κ1) is 7.56. The Morgan fingerprint density at radius 3 is 2.45 bits per heavy atom. The molecule has 0 aromatic heterocycles. The first-order chi connectivity index (χ1) is 5.25. The summed E-state index contributed by atoms with van der Waals surface area (Å²) in [5.74, 6) is 1.02. The number of hydrogen-bond acceptors (Lipinski definition) is 2. The fourth-order valence-electron chi connectivity index (χ4n) is 1.85. The van der Waals surface area contributed by atoms with E-state index in [1.54, 1.807) is 0 Å². The molecule has 0 aromatic carbocycles. The van der Waals surface area contributed by atoms with Gasteiger partial charge in [0, 0.05) is 18.6 Å². The van der Waals surface area contributed by atoms with Crippen molar-refractivity contribution in [3.63, 3.8) is 0 Å². The Morgan fingerprint density at radius 1 is 1.36 bits per heavy atom. The van der Waals surface area contributed by atoms with Crippen molar-refractivity contribution in [1.29, 1.82) is 0 Å². The topological polar surface area (TPSA) is 29.3 Å². The molecule has 2 heteroatoms. The molecule has 0 saturated heterocycles. The molecule has 0 aliphatic heterocycles. The van der Waals surface area contributed by atoms with Crippen molar-refractivity contribution >= 4 is 0 Å². The van der Waals surface area contributed by atoms with Crippen LogP contribution in [0.1, 0.15) is 25.7 Å². The van der Waals surface area contributed by atoms with Crippen molar-refractivity contribution in [2.45, 2.75) is 37.8 Å². The van der Waals surface area contributed by atoms with Crippen LogP contribution >= 0.6 is 0 Å². The molecule has 2 aliphatic rings. The van der Waals surface area contributed by atoms with E-state index in [1.807, 2.05) is 0 Å². The second-order valence-electron chi connectivity index (χ2n) is 4.27. The maximum atomic E-state index is 5.73. The average Bonchev–Trinajstić information content (AvgIpc) is 2.64. The van der Waals surface area contributed by atoms with Crippen molar-refractivity contribution in [3.8, 4) is 0 Å². The first-order valence-corrected chi connectivity index (χ1v) is 4.71. The van der Waals surface area contributed by atoms with E-state index in [1.165, 1.54) is 32.2 Å².